The lowest BCUT2D eigenvalue weighted by Gasteiger charge is -2.10. The lowest BCUT2D eigenvalue weighted by molar-refractivity contribution is -0.121. The average Bonchev–Trinajstić information content (AvgIpc) is 2.48. The van der Waals surface area contributed by atoms with Crippen LogP contribution in [0.5, 0.6) is 5.88 Å². The smallest absolute Gasteiger partial charge is 0.264 e. The zero-order valence-electron chi connectivity index (χ0n) is 12.9. The highest BCUT2D eigenvalue weighted by molar-refractivity contribution is 7.71. The normalized spacial score (nSPS) is 11.0. The molecule has 0 aliphatic rings. The van der Waals surface area contributed by atoms with Gasteiger partial charge in [-0.05, 0) is 25.1 Å². The van der Waals surface area contributed by atoms with Crippen molar-refractivity contribution in [3.05, 3.63) is 20.7 Å². The molecule has 0 fully saturated rings. The summed E-state index contributed by atoms with van der Waals surface area (Å²) in [4.78, 5) is 25.8. The fourth-order valence-electron chi connectivity index (χ4n) is 1.78. The van der Waals surface area contributed by atoms with Gasteiger partial charge in [0.1, 0.15) is 5.56 Å². The number of carbonyl (C=O) groups excluding carboxylic acids is 1. The maximum Gasteiger partial charge on any atom is 0.264 e. The Morgan fingerprint density at radius 1 is 1.41 bits per heavy atom. The molecule has 0 unspecified atom stereocenters. The summed E-state index contributed by atoms with van der Waals surface area (Å²) in [5.74, 6) is -0.471. The molecular weight excluding hydrogens is 304 g/mol. The first-order valence-electron chi connectivity index (χ1n) is 7.39. The number of rotatable bonds is 8. The third-order valence-corrected chi connectivity index (χ3v) is 3.40. The van der Waals surface area contributed by atoms with Crippen molar-refractivity contribution in [3.63, 3.8) is 0 Å². The van der Waals surface area contributed by atoms with Gasteiger partial charge < -0.3 is 5.11 Å². The number of aromatic amines is 1. The fraction of sp³-hybridized carbons (Fsp3) is 0.571. The van der Waals surface area contributed by atoms with E-state index in [4.69, 9.17) is 12.2 Å². The quantitative estimate of drug-likeness (QED) is 0.387. The van der Waals surface area contributed by atoms with E-state index in [0.717, 1.165) is 31.9 Å². The molecule has 122 valence electrons. The molecule has 7 nitrogen and oxygen atoms in total. The van der Waals surface area contributed by atoms with Crippen LogP contribution in [0.3, 0.4) is 0 Å². The van der Waals surface area contributed by atoms with E-state index in [-0.39, 0.29) is 22.1 Å². The van der Waals surface area contributed by atoms with Crippen molar-refractivity contribution in [2.24, 2.45) is 5.10 Å². The Hall–Kier alpha value is -1.96. The van der Waals surface area contributed by atoms with E-state index in [1.807, 2.05) is 13.8 Å². The number of carbonyl (C=O) groups is 1. The maximum absolute atomic E-state index is 11.8. The molecule has 1 aromatic heterocycles. The van der Waals surface area contributed by atoms with Gasteiger partial charge in [-0.2, -0.15) is 5.10 Å². The lowest BCUT2D eigenvalue weighted by Crippen LogP contribution is -2.21. The van der Waals surface area contributed by atoms with E-state index in [0.29, 0.717) is 13.0 Å². The molecule has 1 amide bonds. The number of H-pyrrole nitrogens is 1. The van der Waals surface area contributed by atoms with Crippen molar-refractivity contribution in [2.75, 3.05) is 0 Å². The molecule has 0 saturated carbocycles. The summed E-state index contributed by atoms with van der Waals surface area (Å²) < 4.78 is 1.61. The molecule has 0 aliphatic carbocycles. The van der Waals surface area contributed by atoms with Gasteiger partial charge in [0.15, 0.2) is 4.77 Å². The van der Waals surface area contributed by atoms with E-state index in [1.54, 1.807) is 0 Å². The van der Waals surface area contributed by atoms with Gasteiger partial charge in [0.2, 0.25) is 11.8 Å². The fourth-order valence-corrected chi connectivity index (χ4v) is 2.05. The number of nitrogens with one attached hydrogen (secondary N) is 2. The molecule has 22 heavy (non-hydrogen) atoms. The Balaban J connectivity index is 2.92. The number of amides is 1. The van der Waals surface area contributed by atoms with Gasteiger partial charge in [-0.1, -0.05) is 26.7 Å². The molecule has 0 aromatic carbocycles. The molecule has 3 N–H and O–H groups in total. The van der Waals surface area contributed by atoms with E-state index < -0.39 is 5.56 Å². The zero-order chi connectivity index (χ0) is 16.5. The molecular formula is C14H22N4O3S. The van der Waals surface area contributed by atoms with E-state index in [9.17, 15) is 14.7 Å². The summed E-state index contributed by atoms with van der Waals surface area (Å²) >= 11 is 5.04. The summed E-state index contributed by atoms with van der Waals surface area (Å²) in [6.07, 6.45) is 4.94. The Morgan fingerprint density at radius 3 is 2.73 bits per heavy atom. The van der Waals surface area contributed by atoms with Gasteiger partial charge in [0.25, 0.3) is 5.56 Å². The van der Waals surface area contributed by atoms with E-state index >= 15 is 0 Å². The second kappa shape index (κ2) is 9.14. The van der Waals surface area contributed by atoms with Crippen molar-refractivity contribution in [3.8, 4) is 5.88 Å². The number of hydrazone groups is 1. The van der Waals surface area contributed by atoms with Crippen LogP contribution in [0.4, 0.5) is 0 Å². The van der Waals surface area contributed by atoms with Crippen LogP contribution in [0, 0.1) is 4.77 Å². The van der Waals surface area contributed by atoms with Crippen LogP contribution in [-0.4, -0.2) is 26.8 Å². The van der Waals surface area contributed by atoms with Gasteiger partial charge in [-0.15, -0.1) is 0 Å². The Labute approximate surface area is 134 Å². The van der Waals surface area contributed by atoms with Crippen LogP contribution in [0.2, 0.25) is 0 Å². The first-order chi connectivity index (χ1) is 10.5. The summed E-state index contributed by atoms with van der Waals surface area (Å²) in [6, 6.07) is 0. The summed E-state index contributed by atoms with van der Waals surface area (Å²) in [7, 11) is 0. The highest BCUT2D eigenvalue weighted by Gasteiger charge is 2.10. The SMILES string of the molecule is CCCCC(=O)N/N=C\c1c(O)n(CCCC)c(=S)[nH]c1=O. The molecule has 1 rings (SSSR count). The van der Waals surface area contributed by atoms with E-state index in [1.165, 1.54) is 4.57 Å². The average molecular weight is 326 g/mol. The first-order valence-corrected chi connectivity index (χ1v) is 7.80. The molecule has 0 radical (unpaired) electrons. The van der Waals surface area contributed by atoms with Crippen LogP contribution < -0.4 is 11.0 Å². The topological polar surface area (TPSA) is 99.5 Å². The molecule has 1 heterocycles. The molecule has 8 heteroatoms. The van der Waals surface area contributed by atoms with Crippen LogP contribution in [0.15, 0.2) is 9.90 Å². The maximum atomic E-state index is 11.8. The Morgan fingerprint density at radius 2 is 2.09 bits per heavy atom. The van der Waals surface area contributed by atoms with Gasteiger partial charge in [-0.3, -0.25) is 19.1 Å². The number of aromatic nitrogens is 2. The highest BCUT2D eigenvalue weighted by Crippen LogP contribution is 2.12. The summed E-state index contributed by atoms with van der Waals surface area (Å²) in [5.41, 5.74) is 1.76. The number of hydrogen-bond acceptors (Lipinski definition) is 5. The molecule has 0 atom stereocenters. The third kappa shape index (κ3) is 5.10. The summed E-state index contributed by atoms with van der Waals surface area (Å²) in [5, 5.41) is 13.9. The Bertz CT molecular complexity index is 648. The van der Waals surface area contributed by atoms with E-state index in [2.05, 4.69) is 15.5 Å². The number of hydrogen-bond donors (Lipinski definition) is 3. The number of aromatic hydroxyl groups is 1. The number of nitrogens with zero attached hydrogens (tertiary/aromatic N) is 2. The third-order valence-electron chi connectivity index (χ3n) is 3.08. The van der Waals surface area contributed by atoms with Crippen molar-refractivity contribution in [1.82, 2.24) is 15.0 Å². The van der Waals surface area contributed by atoms with Gasteiger partial charge in [-0.25, -0.2) is 5.43 Å². The monoisotopic (exact) mass is 326 g/mol. The van der Waals surface area contributed by atoms with Crippen LogP contribution in [-0.2, 0) is 11.3 Å². The van der Waals surface area contributed by atoms with Gasteiger partial charge >= 0.3 is 0 Å². The molecule has 1 aromatic rings. The van der Waals surface area contributed by atoms with Crippen molar-refractivity contribution in [2.45, 2.75) is 52.5 Å². The minimum absolute atomic E-state index is 0.0273. The first kappa shape index (κ1) is 18.1. The summed E-state index contributed by atoms with van der Waals surface area (Å²) in [6.45, 7) is 4.50. The highest BCUT2D eigenvalue weighted by atomic mass is 32.1. The standard InChI is InChI=1S/C14H22N4O3S/c1-3-5-7-11(19)17-15-9-10-12(20)16-14(22)18(13(10)21)8-6-4-2/h9,21H,3-8H2,1-2H3,(H,17,19)(H,16,20,22)/b15-9-. The second-order valence-corrected chi connectivity index (χ2v) is 5.29. The minimum atomic E-state index is -0.540. The van der Waals surface area contributed by atoms with Gasteiger partial charge in [0, 0.05) is 13.0 Å². The number of unbranched alkanes of at least 4 members (excludes halogenated alkanes) is 2. The molecule has 0 saturated heterocycles. The van der Waals surface area contributed by atoms with Crippen molar-refractivity contribution < 1.29 is 9.90 Å². The van der Waals surface area contributed by atoms with Crippen molar-refractivity contribution in [1.29, 1.82) is 0 Å². The minimum Gasteiger partial charge on any atom is -0.494 e. The van der Waals surface area contributed by atoms with Crippen LogP contribution in [0.1, 0.15) is 51.5 Å². The molecule has 0 aliphatic heterocycles. The lowest BCUT2D eigenvalue weighted by atomic mass is 10.2. The van der Waals surface area contributed by atoms with Crippen LogP contribution >= 0.6 is 12.2 Å². The van der Waals surface area contributed by atoms with Gasteiger partial charge in [0.05, 0.1) is 6.21 Å². The zero-order valence-corrected chi connectivity index (χ0v) is 13.7. The van der Waals surface area contributed by atoms with Crippen LogP contribution in [0.25, 0.3) is 0 Å². The largest absolute Gasteiger partial charge is 0.494 e. The second-order valence-electron chi connectivity index (χ2n) is 4.90. The Kier molecular flexibility index (Phi) is 7.51. The van der Waals surface area contributed by atoms with Crippen molar-refractivity contribution >= 4 is 24.3 Å². The molecule has 0 bridgehead atoms. The predicted octanol–water partition coefficient (Wildman–Crippen LogP) is 2.05. The molecule has 0 spiro atoms. The predicted molar refractivity (Wildman–Crippen MR) is 87.7 cm³/mol.